The Balaban J connectivity index is 1.60. The van der Waals surface area contributed by atoms with E-state index in [2.05, 4.69) is 10.6 Å². The topological polar surface area (TPSA) is 76.7 Å². The molecule has 1 atom stereocenters. The van der Waals surface area contributed by atoms with Gasteiger partial charge in [-0.2, -0.15) is 0 Å². The number of ether oxygens (including phenoxy) is 2. The van der Waals surface area contributed by atoms with Crippen molar-refractivity contribution in [1.82, 2.24) is 5.32 Å². The third-order valence-corrected chi connectivity index (χ3v) is 3.42. The van der Waals surface area contributed by atoms with Crippen LogP contribution in [0.4, 0.5) is 5.69 Å². The van der Waals surface area contributed by atoms with Crippen LogP contribution in [0, 0.1) is 5.92 Å². The van der Waals surface area contributed by atoms with E-state index in [-0.39, 0.29) is 30.4 Å². The Hall–Kier alpha value is -1.92. The molecule has 2 N–H and O–H groups in total. The molecule has 2 heterocycles. The molecule has 6 heteroatoms. The van der Waals surface area contributed by atoms with Crippen molar-refractivity contribution >= 4 is 17.5 Å². The van der Waals surface area contributed by atoms with E-state index >= 15 is 0 Å². The van der Waals surface area contributed by atoms with Crippen LogP contribution in [0.5, 0.6) is 0 Å². The molecule has 0 aromatic heterocycles. The molecule has 2 saturated heterocycles. The van der Waals surface area contributed by atoms with Gasteiger partial charge in [-0.3, -0.25) is 9.59 Å². The molecule has 0 bridgehead atoms. The predicted octanol–water partition coefficient (Wildman–Crippen LogP) is 0.807. The Morgan fingerprint density at radius 1 is 1.20 bits per heavy atom. The average molecular weight is 276 g/mol. The summed E-state index contributed by atoms with van der Waals surface area (Å²) in [5.41, 5.74) is 1.63. The highest BCUT2D eigenvalue weighted by atomic mass is 16.7. The normalized spacial score (nSPS) is 22.8. The molecule has 0 aliphatic carbocycles. The van der Waals surface area contributed by atoms with Gasteiger partial charge in [-0.15, -0.1) is 0 Å². The van der Waals surface area contributed by atoms with E-state index in [1.807, 2.05) is 24.3 Å². The molecule has 1 unspecified atom stereocenters. The van der Waals surface area contributed by atoms with Crippen LogP contribution in [-0.2, 0) is 19.1 Å². The lowest BCUT2D eigenvalue weighted by Gasteiger charge is -2.12. The second-order valence-corrected chi connectivity index (χ2v) is 4.89. The molecule has 1 aromatic carbocycles. The highest BCUT2D eigenvalue weighted by Crippen LogP contribution is 2.24. The van der Waals surface area contributed by atoms with Gasteiger partial charge in [-0.1, -0.05) is 12.1 Å². The molecular formula is C14H16N2O4. The Bertz CT molecular complexity index is 508. The average Bonchev–Trinajstić information content (AvgIpc) is 3.10. The fraction of sp³-hybridized carbons (Fsp3) is 0.429. The molecule has 20 heavy (non-hydrogen) atoms. The van der Waals surface area contributed by atoms with E-state index in [1.54, 1.807) is 0 Å². The van der Waals surface area contributed by atoms with E-state index < -0.39 is 0 Å². The Morgan fingerprint density at radius 2 is 1.90 bits per heavy atom. The summed E-state index contributed by atoms with van der Waals surface area (Å²) < 4.78 is 10.8. The van der Waals surface area contributed by atoms with Gasteiger partial charge >= 0.3 is 0 Å². The molecule has 0 saturated carbocycles. The lowest BCUT2D eigenvalue weighted by Crippen LogP contribution is -2.24. The fourth-order valence-corrected chi connectivity index (χ4v) is 2.31. The SMILES string of the molecule is O=C1CC(C(=O)Nc2ccc(C3OCCO3)cc2)CN1. The first-order valence-electron chi connectivity index (χ1n) is 6.63. The van der Waals surface area contributed by atoms with Gasteiger partial charge in [0.15, 0.2) is 6.29 Å². The highest BCUT2D eigenvalue weighted by molar-refractivity contribution is 5.97. The van der Waals surface area contributed by atoms with Crippen LogP contribution in [0.15, 0.2) is 24.3 Å². The second kappa shape index (κ2) is 5.60. The molecule has 6 nitrogen and oxygen atoms in total. The van der Waals surface area contributed by atoms with Crippen LogP contribution in [0.2, 0.25) is 0 Å². The van der Waals surface area contributed by atoms with Gasteiger partial charge < -0.3 is 20.1 Å². The third kappa shape index (κ3) is 2.81. The molecule has 106 valence electrons. The maximum absolute atomic E-state index is 11.9. The largest absolute Gasteiger partial charge is 0.355 e. The maximum atomic E-state index is 11.9. The van der Waals surface area contributed by atoms with E-state index in [1.165, 1.54) is 0 Å². The van der Waals surface area contributed by atoms with Gasteiger partial charge in [0.2, 0.25) is 11.8 Å². The fourth-order valence-electron chi connectivity index (χ4n) is 2.31. The number of hydrogen-bond acceptors (Lipinski definition) is 4. The quantitative estimate of drug-likeness (QED) is 0.856. The summed E-state index contributed by atoms with van der Waals surface area (Å²) in [5, 5.41) is 5.46. The lowest BCUT2D eigenvalue weighted by atomic mass is 10.1. The molecule has 2 aliphatic rings. The minimum atomic E-state index is -0.309. The van der Waals surface area contributed by atoms with Crippen LogP contribution in [0.3, 0.4) is 0 Å². The van der Waals surface area contributed by atoms with Crippen molar-refractivity contribution in [2.24, 2.45) is 5.92 Å². The van der Waals surface area contributed by atoms with E-state index in [0.29, 0.717) is 25.4 Å². The van der Waals surface area contributed by atoms with Gasteiger partial charge in [-0.05, 0) is 12.1 Å². The third-order valence-electron chi connectivity index (χ3n) is 3.42. The maximum Gasteiger partial charge on any atom is 0.229 e. The predicted molar refractivity (Wildman–Crippen MR) is 70.8 cm³/mol. The van der Waals surface area contributed by atoms with Crippen molar-refractivity contribution in [2.45, 2.75) is 12.7 Å². The molecule has 3 rings (SSSR count). The molecule has 2 aliphatic heterocycles. The number of carbonyl (C=O) groups is 2. The summed E-state index contributed by atoms with van der Waals surface area (Å²) in [4.78, 5) is 23.0. The van der Waals surface area contributed by atoms with Crippen LogP contribution in [0.1, 0.15) is 18.3 Å². The Labute approximate surface area is 116 Å². The van der Waals surface area contributed by atoms with Gasteiger partial charge in [0.25, 0.3) is 0 Å². The first-order chi connectivity index (χ1) is 9.72. The van der Waals surface area contributed by atoms with Gasteiger partial charge in [0.05, 0.1) is 19.1 Å². The highest BCUT2D eigenvalue weighted by Gasteiger charge is 2.27. The van der Waals surface area contributed by atoms with Crippen molar-refractivity contribution < 1.29 is 19.1 Å². The number of benzene rings is 1. The van der Waals surface area contributed by atoms with Crippen molar-refractivity contribution in [3.63, 3.8) is 0 Å². The second-order valence-electron chi connectivity index (χ2n) is 4.89. The van der Waals surface area contributed by atoms with Gasteiger partial charge in [0, 0.05) is 24.2 Å². The van der Waals surface area contributed by atoms with Crippen molar-refractivity contribution in [3.05, 3.63) is 29.8 Å². The molecule has 0 radical (unpaired) electrons. The van der Waals surface area contributed by atoms with Crippen LogP contribution >= 0.6 is 0 Å². The van der Waals surface area contributed by atoms with Crippen molar-refractivity contribution in [1.29, 1.82) is 0 Å². The first kappa shape index (κ1) is 13.1. The van der Waals surface area contributed by atoms with Crippen LogP contribution in [0.25, 0.3) is 0 Å². The van der Waals surface area contributed by atoms with Crippen molar-refractivity contribution in [2.75, 3.05) is 25.1 Å². The Kier molecular flexibility index (Phi) is 3.66. The molecular weight excluding hydrogens is 260 g/mol. The van der Waals surface area contributed by atoms with Gasteiger partial charge in [-0.25, -0.2) is 0 Å². The summed E-state index contributed by atoms with van der Waals surface area (Å²) in [6.45, 7) is 1.62. The van der Waals surface area contributed by atoms with Crippen LogP contribution < -0.4 is 10.6 Å². The van der Waals surface area contributed by atoms with E-state index in [0.717, 1.165) is 5.56 Å². The zero-order chi connectivity index (χ0) is 13.9. The van der Waals surface area contributed by atoms with Gasteiger partial charge in [0.1, 0.15) is 0 Å². The molecule has 2 amide bonds. The minimum Gasteiger partial charge on any atom is -0.355 e. The number of amides is 2. The smallest absolute Gasteiger partial charge is 0.229 e. The zero-order valence-electron chi connectivity index (χ0n) is 10.9. The summed E-state index contributed by atoms with van der Waals surface area (Å²) in [6, 6.07) is 7.35. The number of carbonyl (C=O) groups excluding carboxylic acids is 2. The number of hydrogen-bond donors (Lipinski definition) is 2. The number of nitrogens with one attached hydrogen (secondary N) is 2. The molecule has 2 fully saturated rings. The molecule has 0 spiro atoms. The Morgan fingerprint density at radius 3 is 2.50 bits per heavy atom. The summed E-state index contributed by atoms with van der Waals surface area (Å²) in [7, 11) is 0. The summed E-state index contributed by atoms with van der Waals surface area (Å²) in [6.07, 6.45) is -0.0513. The minimum absolute atomic E-state index is 0.0731. The van der Waals surface area contributed by atoms with Crippen LogP contribution in [-0.4, -0.2) is 31.6 Å². The lowest BCUT2D eigenvalue weighted by molar-refractivity contribution is -0.123. The summed E-state index contributed by atoms with van der Waals surface area (Å²) in [5.74, 6) is -0.496. The van der Waals surface area contributed by atoms with Crippen molar-refractivity contribution in [3.8, 4) is 0 Å². The van der Waals surface area contributed by atoms with E-state index in [9.17, 15) is 9.59 Å². The standard InChI is InChI=1S/C14H16N2O4/c17-12-7-10(8-15-12)13(18)16-11-3-1-9(2-4-11)14-19-5-6-20-14/h1-4,10,14H,5-8H2,(H,15,17)(H,16,18). The zero-order valence-corrected chi connectivity index (χ0v) is 10.9. The molecule has 1 aromatic rings. The van der Waals surface area contributed by atoms with E-state index in [4.69, 9.17) is 9.47 Å². The summed E-state index contributed by atoms with van der Waals surface area (Å²) >= 11 is 0. The monoisotopic (exact) mass is 276 g/mol. The number of anilines is 1. The first-order valence-corrected chi connectivity index (χ1v) is 6.63. The number of rotatable bonds is 3.